The van der Waals surface area contributed by atoms with E-state index in [1.807, 2.05) is 0 Å². The van der Waals surface area contributed by atoms with Gasteiger partial charge >= 0.3 is 0 Å². The zero-order valence-electron chi connectivity index (χ0n) is 18.0. The van der Waals surface area contributed by atoms with Gasteiger partial charge in [-0.25, -0.2) is 0 Å². The van der Waals surface area contributed by atoms with Crippen LogP contribution in [0, 0.1) is 0 Å². The molecule has 150 valence electrons. The lowest BCUT2D eigenvalue weighted by atomic mass is 9.79. The topological polar surface area (TPSA) is 0 Å². The van der Waals surface area contributed by atoms with E-state index in [1.165, 1.54) is 33.4 Å². The molecule has 2 atom stereocenters. The van der Waals surface area contributed by atoms with Gasteiger partial charge < -0.3 is 0 Å². The molecule has 0 aliphatic carbocycles. The highest BCUT2D eigenvalue weighted by Gasteiger charge is 2.21. The van der Waals surface area contributed by atoms with E-state index in [9.17, 15) is 0 Å². The zero-order valence-corrected chi connectivity index (χ0v) is 18.0. The Morgan fingerprint density at radius 2 is 1.17 bits per heavy atom. The minimum absolute atomic E-state index is 0.375. The standard InChI is InChI=1S/C30H30/c1-3-24-19-20-28(26-15-9-5-10-16-26)22-30(24)29(27-17-11-6-12-18-27)21-23(2)25-13-7-4-8-14-25/h4-20,22-23,29H,3,21H2,1-2H3. The van der Waals surface area contributed by atoms with Gasteiger partial charge in [-0.15, -0.1) is 0 Å². The van der Waals surface area contributed by atoms with E-state index in [0.717, 1.165) is 12.8 Å². The summed E-state index contributed by atoms with van der Waals surface area (Å²) in [4.78, 5) is 0. The molecule has 4 aromatic carbocycles. The van der Waals surface area contributed by atoms with Crippen LogP contribution in [0.5, 0.6) is 0 Å². The van der Waals surface area contributed by atoms with Crippen molar-refractivity contribution in [2.24, 2.45) is 0 Å². The first-order chi connectivity index (χ1) is 14.8. The van der Waals surface area contributed by atoms with Crippen molar-refractivity contribution in [1.82, 2.24) is 0 Å². The van der Waals surface area contributed by atoms with Crippen LogP contribution < -0.4 is 0 Å². The van der Waals surface area contributed by atoms with Crippen molar-refractivity contribution in [3.63, 3.8) is 0 Å². The van der Waals surface area contributed by atoms with Gasteiger partial charge in [-0.3, -0.25) is 0 Å². The molecular formula is C30H30. The van der Waals surface area contributed by atoms with Crippen molar-refractivity contribution in [3.05, 3.63) is 131 Å². The van der Waals surface area contributed by atoms with E-state index in [2.05, 4.69) is 123 Å². The average Bonchev–Trinajstić information content (AvgIpc) is 2.83. The molecule has 0 N–H and O–H groups in total. The molecule has 4 aromatic rings. The summed E-state index contributed by atoms with van der Waals surface area (Å²) in [5.74, 6) is 0.863. The summed E-state index contributed by atoms with van der Waals surface area (Å²) in [6.45, 7) is 4.63. The van der Waals surface area contributed by atoms with Gasteiger partial charge in [0, 0.05) is 5.92 Å². The summed E-state index contributed by atoms with van der Waals surface area (Å²) in [5, 5.41) is 0. The first-order valence-electron chi connectivity index (χ1n) is 11.0. The Morgan fingerprint density at radius 3 is 1.77 bits per heavy atom. The Bertz CT molecular complexity index is 1050. The molecule has 0 nitrogen and oxygen atoms in total. The fourth-order valence-electron chi connectivity index (χ4n) is 4.45. The summed E-state index contributed by atoms with van der Waals surface area (Å²) >= 11 is 0. The molecule has 0 heterocycles. The summed E-state index contributed by atoms with van der Waals surface area (Å²) in [7, 11) is 0. The molecule has 0 heteroatoms. The second kappa shape index (κ2) is 9.59. The molecule has 4 rings (SSSR count). The zero-order chi connectivity index (χ0) is 20.8. The van der Waals surface area contributed by atoms with Crippen LogP contribution in [0.2, 0.25) is 0 Å². The lowest BCUT2D eigenvalue weighted by Crippen LogP contribution is -2.09. The molecule has 0 saturated carbocycles. The Morgan fingerprint density at radius 1 is 0.600 bits per heavy atom. The van der Waals surface area contributed by atoms with Crippen LogP contribution in [-0.4, -0.2) is 0 Å². The van der Waals surface area contributed by atoms with Crippen LogP contribution in [0.15, 0.2) is 109 Å². The van der Waals surface area contributed by atoms with Crippen LogP contribution >= 0.6 is 0 Å². The monoisotopic (exact) mass is 390 g/mol. The number of aryl methyl sites for hydroxylation is 1. The van der Waals surface area contributed by atoms with Crippen molar-refractivity contribution in [1.29, 1.82) is 0 Å². The van der Waals surface area contributed by atoms with E-state index < -0.39 is 0 Å². The van der Waals surface area contributed by atoms with Crippen LogP contribution in [-0.2, 0) is 6.42 Å². The predicted molar refractivity (Wildman–Crippen MR) is 129 cm³/mol. The van der Waals surface area contributed by atoms with Gasteiger partial charge in [0.1, 0.15) is 0 Å². The molecule has 0 aliphatic rings. The van der Waals surface area contributed by atoms with Crippen LogP contribution in [0.1, 0.15) is 54.4 Å². The minimum atomic E-state index is 0.375. The van der Waals surface area contributed by atoms with Gasteiger partial charge in [0.2, 0.25) is 0 Å². The quantitative estimate of drug-likeness (QED) is 0.298. The summed E-state index contributed by atoms with van der Waals surface area (Å²) in [6, 6.07) is 39.7. The van der Waals surface area contributed by atoms with Crippen LogP contribution in [0.3, 0.4) is 0 Å². The third kappa shape index (κ3) is 4.54. The third-order valence-corrected chi connectivity index (χ3v) is 6.17. The maximum absolute atomic E-state index is 2.43. The predicted octanol–water partition coefficient (Wildman–Crippen LogP) is 8.24. The van der Waals surface area contributed by atoms with Gasteiger partial charge in [0.15, 0.2) is 0 Å². The van der Waals surface area contributed by atoms with Gasteiger partial charge in [-0.1, -0.05) is 123 Å². The van der Waals surface area contributed by atoms with Crippen molar-refractivity contribution in [3.8, 4) is 11.1 Å². The normalized spacial score (nSPS) is 13.0. The largest absolute Gasteiger partial charge is 0.0622 e. The highest BCUT2D eigenvalue weighted by Crippen LogP contribution is 2.38. The van der Waals surface area contributed by atoms with E-state index in [0.29, 0.717) is 11.8 Å². The van der Waals surface area contributed by atoms with Crippen molar-refractivity contribution < 1.29 is 0 Å². The number of hydrogen-bond donors (Lipinski definition) is 0. The Balaban J connectivity index is 1.78. The van der Waals surface area contributed by atoms with E-state index in [4.69, 9.17) is 0 Å². The molecule has 0 aliphatic heterocycles. The van der Waals surface area contributed by atoms with E-state index in [1.54, 1.807) is 0 Å². The van der Waals surface area contributed by atoms with Crippen LogP contribution in [0.4, 0.5) is 0 Å². The fourth-order valence-corrected chi connectivity index (χ4v) is 4.45. The first kappa shape index (κ1) is 20.2. The molecule has 30 heavy (non-hydrogen) atoms. The van der Waals surface area contributed by atoms with Gasteiger partial charge in [-0.2, -0.15) is 0 Å². The molecule has 0 amide bonds. The molecule has 0 fully saturated rings. The first-order valence-corrected chi connectivity index (χ1v) is 11.0. The molecule has 0 bridgehead atoms. The number of benzene rings is 4. The Kier molecular flexibility index (Phi) is 6.44. The molecule has 0 spiro atoms. The minimum Gasteiger partial charge on any atom is -0.0622 e. The Hall–Kier alpha value is -3.12. The summed E-state index contributed by atoms with van der Waals surface area (Å²) in [5.41, 5.74) is 8.31. The molecule has 2 unspecified atom stereocenters. The highest BCUT2D eigenvalue weighted by molar-refractivity contribution is 5.65. The van der Waals surface area contributed by atoms with Gasteiger partial charge in [-0.05, 0) is 52.1 Å². The molecule has 0 aromatic heterocycles. The number of hydrogen-bond acceptors (Lipinski definition) is 0. The van der Waals surface area contributed by atoms with E-state index in [-0.39, 0.29) is 0 Å². The van der Waals surface area contributed by atoms with Gasteiger partial charge in [0.05, 0.1) is 0 Å². The molecule has 0 radical (unpaired) electrons. The Labute approximate surface area is 181 Å². The van der Waals surface area contributed by atoms with Crippen molar-refractivity contribution >= 4 is 0 Å². The maximum atomic E-state index is 2.43. The van der Waals surface area contributed by atoms with E-state index >= 15 is 0 Å². The van der Waals surface area contributed by atoms with Gasteiger partial charge in [0.25, 0.3) is 0 Å². The third-order valence-electron chi connectivity index (χ3n) is 6.17. The second-order valence-electron chi connectivity index (χ2n) is 8.14. The number of rotatable bonds is 7. The lowest BCUT2D eigenvalue weighted by Gasteiger charge is -2.25. The average molecular weight is 391 g/mol. The fraction of sp³-hybridized carbons (Fsp3) is 0.200. The molecule has 0 saturated heterocycles. The van der Waals surface area contributed by atoms with Crippen LogP contribution in [0.25, 0.3) is 11.1 Å². The van der Waals surface area contributed by atoms with Crippen molar-refractivity contribution in [2.45, 2.75) is 38.5 Å². The van der Waals surface area contributed by atoms with Crippen molar-refractivity contribution in [2.75, 3.05) is 0 Å². The lowest BCUT2D eigenvalue weighted by molar-refractivity contribution is 0.613. The SMILES string of the molecule is CCc1ccc(-c2ccccc2)cc1C(CC(C)c1ccccc1)c1ccccc1. The summed E-state index contributed by atoms with van der Waals surface area (Å²) < 4.78 is 0. The molecular weight excluding hydrogens is 360 g/mol. The smallest absolute Gasteiger partial charge is 0.00979 e. The summed E-state index contributed by atoms with van der Waals surface area (Å²) in [6.07, 6.45) is 2.15. The highest BCUT2D eigenvalue weighted by atomic mass is 14.3. The second-order valence-corrected chi connectivity index (χ2v) is 8.14. The maximum Gasteiger partial charge on any atom is 0.00979 e.